The number of nitrogens with zero attached hydrogens (tertiary/aromatic N) is 3. The topological polar surface area (TPSA) is 90.5 Å². The lowest BCUT2D eigenvalue weighted by Gasteiger charge is -2.40. The molecule has 6 rings (SSSR count). The van der Waals surface area contributed by atoms with E-state index in [1.54, 1.807) is 24.0 Å². The summed E-state index contributed by atoms with van der Waals surface area (Å²) in [4.78, 5) is 32.7. The molecule has 33 heavy (non-hydrogen) atoms. The molecule has 0 bridgehead atoms. The Balaban J connectivity index is 1.59. The molecule has 0 saturated heterocycles. The van der Waals surface area contributed by atoms with Gasteiger partial charge in [-0.3, -0.25) is 19.5 Å². The van der Waals surface area contributed by atoms with Crippen molar-refractivity contribution in [2.24, 2.45) is 4.99 Å². The highest BCUT2D eigenvalue weighted by atomic mass is 19.1. The van der Waals surface area contributed by atoms with Crippen LogP contribution in [0.4, 0.5) is 14.5 Å². The summed E-state index contributed by atoms with van der Waals surface area (Å²) < 4.78 is 28.1. The van der Waals surface area contributed by atoms with Gasteiger partial charge in [-0.1, -0.05) is 25.0 Å². The number of aromatic nitrogens is 2. The summed E-state index contributed by atoms with van der Waals surface area (Å²) >= 11 is 0. The number of H-pyrrole nitrogens is 1. The largest absolute Gasteiger partial charge is 0.375 e. The first-order valence-corrected chi connectivity index (χ1v) is 11.0. The molecule has 2 N–H and O–H groups in total. The Morgan fingerprint density at radius 2 is 1.79 bits per heavy atom. The smallest absolute Gasteiger partial charge is 0.272 e. The van der Waals surface area contributed by atoms with Gasteiger partial charge in [0.1, 0.15) is 29.1 Å². The summed E-state index contributed by atoms with van der Waals surface area (Å²) in [5, 5.41) is 10.7. The molecule has 1 saturated carbocycles. The van der Waals surface area contributed by atoms with Crippen molar-refractivity contribution in [1.82, 2.24) is 15.1 Å². The fourth-order valence-electron chi connectivity index (χ4n) is 5.62. The molecule has 2 aliphatic heterocycles. The van der Waals surface area contributed by atoms with Crippen LogP contribution in [0.5, 0.6) is 0 Å². The van der Waals surface area contributed by atoms with Gasteiger partial charge in [-0.15, -0.1) is 0 Å². The number of halogens is 2. The van der Waals surface area contributed by atoms with E-state index in [1.807, 2.05) is 0 Å². The predicted octanol–water partition coefficient (Wildman–Crippen LogP) is 3.98. The zero-order chi connectivity index (χ0) is 22.9. The number of rotatable bonds is 2. The minimum absolute atomic E-state index is 0.0943. The first kappa shape index (κ1) is 20.0. The molecule has 2 atom stereocenters. The molecule has 1 aliphatic carbocycles. The van der Waals surface area contributed by atoms with Gasteiger partial charge in [0.15, 0.2) is 0 Å². The maximum Gasteiger partial charge on any atom is 0.272 e. The third kappa shape index (κ3) is 2.84. The van der Waals surface area contributed by atoms with Crippen molar-refractivity contribution in [1.29, 1.82) is 0 Å². The molecular formula is C24H21F2N5O2. The Morgan fingerprint density at radius 3 is 2.52 bits per heavy atom. The molecule has 168 valence electrons. The van der Waals surface area contributed by atoms with Crippen LogP contribution in [0.25, 0.3) is 10.8 Å². The van der Waals surface area contributed by atoms with Crippen molar-refractivity contribution >= 4 is 28.2 Å². The lowest BCUT2D eigenvalue weighted by molar-refractivity contribution is -0.133. The molecule has 3 aliphatic rings. The fraction of sp³-hybridized carbons (Fsp3) is 0.333. The van der Waals surface area contributed by atoms with Gasteiger partial charge in [0.25, 0.3) is 11.5 Å². The molecule has 1 spiro atoms. The number of amidine groups is 1. The summed E-state index contributed by atoms with van der Waals surface area (Å²) in [5.41, 5.74) is 0.277. The number of aliphatic imine (C=N–C) groups is 1. The second-order valence-corrected chi connectivity index (χ2v) is 9.01. The minimum atomic E-state index is -0.762. The summed E-state index contributed by atoms with van der Waals surface area (Å²) in [6, 6.07) is 7.20. The summed E-state index contributed by atoms with van der Waals surface area (Å²) in [6.07, 6.45) is 3.25. The Bertz CT molecular complexity index is 1390. The lowest BCUT2D eigenvalue weighted by atomic mass is 9.87. The van der Waals surface area contributed by atoms with Crippen molar-refractivity contribution in [3.63, 3.8) is 0 Å². The van der Waals surface area contributed by atoms with E-state index in [-0.39, 0.29) is 17.1 Å². The average molecular weight is 449 g/mol. The standard InChI is InChI=1S/C24H21F2N5O2/c1-12-28-24(8-2-3-9-24)23(33)31(12)21-19(13-4-6-14(25)7-5-13)27-17-11-15(26)10-16-18(17)20(21)29-30-22(16)32/h4-7,10-11,19,21,27H,2-3,8-9H2,1H3,(H,30,32)/t19-,21-/m1/s1. The van der Waals surface area contributed by atoms with E-state index in [2.05, 4.69) is 15.5 Å². The fourth-order valence-corrected chi connectivity index (χ4v) is 5.62. The Labute approximate surface area is 187 Å². The number of hydrogen-bond donors (Lipinski definition) is 2. The Morgan fingerprint density at radius 1 is 1.06 bits per heavy atom. The number of benzene rings is 2. The van der Waals surface area contributed by atoms with E-state index in [0.717, 1.165) is 12.8 Å². The zero-order valence-corrected chi connectivity index (χ0v) is 17.9. The number of nitrogens with one attached hydrogen (secondary N) is 2. The summed E-state index contributed by atoms with van der Waals surface area (Å²) in [5.74, 6) is -0.471. The molecule has 0 radical (unpaired) electrons. The number of carbonyl (C=O) groups excluding carboxylic acids is 1. The maximum absolute atomic E-state index is 14.4. The van der Waals surface area contributed by atoms with Gasteiger partial charge in [0.05, 0.1) is 17.1 Å². The molecule has 7 nitrogen and oxygen atoms in total. The molecule has 1 amide bonds. The van der Waals surface area contributed by atoms with Crippen LogP contribution in [0.2, 0.25) is 0 Å². The van der Waals surface area contributed by atoms with Gasteiger partial charge < -0.3 is 5.32 Å². The minimum Gasteiger partial charge on any atom is -0.375 e. The number of amides is 1. The van der Waals surface area contributed by atoms with Crippen LogP contribution in [0, 0.1) is 11.6 Å². The predicted molar refractivity (Wildman–Crippen MR) is 119 cm³/mol. The van der Waals surface area contributed by atoms with E-state index in [9.17, 15) is 18.4 Å². The van der Waals surface area contributed by atoms with Crippen molar-refractivity contribution in [3.05, 3.63) is 69.6 Å². The van der Waals surface area contributed by atoms with E-state index >= 15 is 0 Å². The van der Waals surface area contributed by atoms with Crippen LogP contribution in [0.15, 0.2) is 46.2 Å². The summed E-state index contributed by atoms with van der Waals surface area (Å²) in [6.45, 7) is 1.80. The monoisotopic (exact) mass is 449 g/mol. The van der Waals surface area contributed by atoms with Crippen LogP contribution < -0.4 is 10.9 Å². The van der Waals surface area contributed by atoms with E-state index < -0.39 is 29.0 Å². The molecule has 3 heterocycles. The second-order valence-electron chi connectivity index (χ2n) is 9.01. The molecular weight excluding hydrogens is 428 g/mol. The second kappa shape index (κ2) is 6.94. The van der Waals surface area contributed by atoms with E-state index in [1.165, 1.54) is 24.3 Å². The van der Waals surface area contributed by atoms with E-state index in [0.29, 0.717) is 41.0 Å². The maximum atomic E-state index is 14.4. The van der Waals surface area contributed by atoms with E-state index in [4.69, 9.17) is 4.99 Å². The van der Waals surface area contributed by atoms with Crippen molar-refractivity contribution in [3.8, 4) is 0 Å². The first-order valence-electron chi connectivity index (χ1n) is 11.0. The number of hydrogen-bond acceptors (Lipinski definition) is 5. The number of carbonyl (C=O) groups is 1. The molecule has 3 aromatic rings. The van der Waals surface area contributed by atoms with Gasteiger partial charge in [-0.2, -0.15) is 5.10 Å². The third-order valence-corrected chi connectivity index (χ3v) is 7.07. The van der Waals surface area contributed by atoms with Crippen molar-refractivity contribution < 1.29 is 13.6 Å². The van der Waals surface area contributed by atoms with Gasteiger partial charge in [-0.05, 0) is 49.6 Å². The zero-order valence-electron chi connectivity index (χ0n) is 17.9. The van der Waals surface area contributed by atoms with Gasteiger partial charge >= 0.3 is 0 Å². The number of aromatic amines is 1. The molecule has 9 heteroatoms. The Kier molecular flexibility index (Phi) is 4.21. The quantitative estimate of drug-likeness (QED) is 0.619. The first-order chi connectivity index (χ1) is 15.9. The highest BCUT2D eigenvalue weighted by Crippen LogP contribution is 2.49. The van der Waals surface area contributed by atoms with Gasteiger partial charge in [-0.25, -0.2) is 13.9 Å². The SMILES string of the molecule is CC1=NC2(CCCC2)C(=O)N1[C@H]1c2n[nH]c(=O)c3cc(F)cc(c23)N[C@@H]1c1ccc(F)cc1. The third-order valence-electron chi connectivity index (χ3n) is 7.07. The van der Waals surface area contributed by atoms with Crippen LogP contribution in [-0.4, -0.2) is 32.4 Å². The van der Waals surface area contributed by atoms with Gasteiger partial charge in [0.2, 0.25) is 0 Å². The van der Waals surface area contributed by atoms with Crippen molar-refractivity contribution in [2.75, 3.05) is 5.32 Å². The normalized spacial score (nSPS) is 23.3. The van der Waals surface area contributed by atoms with Crippen LogP contribution in [0.3, 0.4) is 0 Å². The van der Waals surface area contributed by atoms with Crippen molar-refractivity contribution in [2.45, 2.75) is 50.2 Å². The molecule has 2 aromatic carbocycles. The number of anilines is 1. The molecule has 1 aromatic heterocycles. The highest BCUT2D eigenvalue weighted by Gasteiger charge is 2.53. The molecule has 1 fully saturated rings. The van der Waals surface area contributed by atoms with Crippen LogP contribution in [-0.2, 0) is 4.79 Å². The van der Waals surface area contributed by atoms with Gasteiger partial charge in [0, 0.05) is 11.1 Å². The average Bonchev–Trinajstić information content (AvgIpc) is 3.35. The van der Waals surface area contributed by atoms with Crippen LogP contribution in [0.1, 0.15) is 55.9 Å². The lowest BCUT2D eigenvalue weighted by Crippen LogP contribution is -2.47. The summed E-state index contributed by atoms with van der Waals surface area (Å²) in [7, 11) is 0. The van der Waals surface area contributed by atoms with Crippen LogP contribution >= 0.6 is 0 Å². The molecule has 0 unspecified atom stereocenters. The highest BCUT2D eigenvalue weighted by molar-refractivity contribution is 6.09. The Hall–Kier alpha value is -3.62.